The van der Waals surface area contributed by atoms with E-state index in [9.17, 15) is 0 Å². The predicted molar refractivity (Wildman–Crippen MR) is 58.8 cm³/mol. The van der Waals surface area contributed by atoms with Gasteiger partial charge in [0.05, 0.1) is 0 Å². The summed E-state index contributed by atoms with van der Waals surface area (Å²) < 4.78 is 0. The van der Waals surface area contributed by atoms with Gasteiger partial charge in [0.15, 0.2) is 0 Å². The van der Waals surface area contributed by atoms with Gasteiger partial charge in [0.1, 0.15) is 0 Å². The predicted octanol–water partition coefficient (Wildman–Crippen LogP) is 1.73. The van der Waals surface area contributed by atoms with Crippen LogP contribution in [0.5, 0.6) is 0 Å². The maximum Gasteiger partial charge on any atom is 0.0451 e. The van der Waals surface area contributed by atoms with Crippen molar-refractivity contribution in [3.63, 3.8) is 0 Å². The van der Waals surface area contributed by atoms with E-state index in [1.54, 1.807) is 0 Å². The Kier molecular flexibility index (Phi) is 2.57. The molecular weight excluding hydrogens is 172 g/mol. The Labute approximate surface area is 85.3 Å². The van der Waals surface area contributed by atoms with Gasteiger partial charge in [-0.2, -0.15) is 0 Å². The number of nitrogens with two attached hydrogens (primary N) is 2. The molecule has 4 N–H and O–H groups in total. The summed E-state index contributed by atoms with van der Waals surface area (Å²) in [7, 11) is 0. The molecule has 1 aliphatic rings. The number of rotatable bonds is 3. The fourth-order valence-electron chi connectivity index (χ4n) is 1.87. The molecule has 76 valence electrons. The van der Waals surface area contributed by atoms with Gasteiger partial charge in [-0.25, -0.2) is 0 Å². The topological polar surface area (TPSA) is 52.0 Å². The summed E-state index contributed by atoms with van der Waals surface area (Å²) in [5.41, 5.74) is 14.6. The third-order valence-electron chi connectivity index (χ3n) is 3.01. The summed E-state index contributed by atoms with van der Waals surface area (Å²) in [5, 5.41) is 0. The summed E-state index contributed by atoms with van der Waals surface area (Å²) in [6, 6.07) is 8.47. The van der Waals surface area contributed by atoms with Crippen molar-refractivity contribution < 1.29 is 0 Å². The summed E-state index contributed by atoms with van der Waals surface area (Å²) in [6.07, 6.45) is 2.50. The van der Waals surface area contributed by atoms with Crippen molar-refractivity contribution in [1.29, 1.82) is 0 Å². The van der Waals surface area contributed by atoms with Crippen LogP contribution in [0, 0.1) is 12.8 Å². The molecule has 1 aliphatic carbocycles. The molecule has 1 saturated carbocycles. The number of benzene rings is 1. The molecule has 1 aromatic rings. The summed E-state index contributed by atoms with van der Waals surface area (Å²) in [4.78, 5) is 0. The molecule has 2 atom stereocenters. The zero-order chi connectivity index (χ0) is 10.1. The molecule has 2 heteroatoms. The Bertz CT molecular complexity index is 318. The van der Waals surface area contributed by atoms with Crippen molar-refractivity contribution in [3.8, 4) is 0 Å². The second-order valence-electron chi connectivity index (χ2n) is 4.35. The Balaban J connectivity index is 2.13. The molecule has 1 aromatic carbocycles. The van der Waals surface area contributed by atoms with Gasteiger partial charge >= 0.3 is 0 Å². The molecule has 14 heavy (non-hydrogen) atoms. The van der Waals surface area contributed by atoms with Crippen molar-refractivity contribution >= 4 is 0 Å². The van der Waals surface area contributed by atoms with Crippen LogP contribution in [-0.2, 0) is 0 Å². The molecular formula is C12H18N2. The lowest BCUT2D eigenvalue weighted by Crippen LogP contribution is -2.35. The number of hydrogen-bond donors (Lipinski definition) is 2. The molecule has 0 radical (unpaired) electrons. The van der Waals surface area contributed by atoms with Crippen LogP contribution < -0.4 is 11.5 Å². The molecule has 0 aromatic heterocycles. The van der Waals surface area contributed by atoms with Gasteiger partial charge in [0.2, 0.25) is 0 Å². The lowest BCUT2D eigenvalue weighted by Gasteiger charge is -2.20. The maximum atomic E-state index is 6.12. The van der Waals surface area contributed by atoms with Gasteiger partial charge in [0.25, 0.3) is 0 Å². The monoisotopic (exact) mass is 190 g/mol. The molecule has 2 nitrogen and oxygen atoms in total. The second kappa shape index (κ2) is 3.71. The van der Waals surface area contributed by atoms with Gasteiger partial charge in [-0.05, 0) is 31.2 Å². The quantitative estimate of drug-likeness (QED) is 0.762. The minimum absolute atomic E-state index is 0.00222. The standard InChI is InChI=1S/C12H18N2/c1-8-3-2-4-10(7-8)12(14)11(13)9-5-6-9/h2-4,7,9,11-12H,5-6,13-14H2,1H3. The molecule has 0 saturated heterocycles. The molecule has 0 heterocycles. The van der Waals surface area contributed by atoms with Crippen LogP contribution in [0.15, 0.2) is 24.3 Å². The Morgan fingerprint density at radius 1 is 1.29 bits per heavy atom. The first kappa shape index (κ1) is 9.69. The van der Waals surface area contributed by atoms with E-state index in [2.05, 4.69) is 25.1 Å². The number of aryl methyl sites for hydroxylation is 1. The van der Waals surface area contributed by atoms with Crippen LogP contribution >= 0.6 is 0 Å². The van der Waals surface area contributed by atoms with Crippen LogP contribution in [0.4, 0.5) is 0 Å². The molecule has 2 unspecified atom stereocenters. The minimum Gasteiger partial charge on any atom is -0.326 e. The fourth-order valence-corrected chi connectivity index (χ4v) is 1.87. The number of hydrogen-bond acceptors (Lipinski definition) is 2. The SMILES string of the molecule is Cc1cccc(C(N)C(N)C2CC2)c1. The van der Waals surface area contributed by atoms with Crippen molar-refractivity contribution in [2.24, 2.45) is 17.4 Å². The molecule has 2 rings (SSSR count). The minimum atomic E-state index is 0.00222. The Morgan fingerprint density at radius 3 is 2.57 bits per heavy atom. The highest BCUT2D eigenvalue weighted by molar-refractivity contribution is 5.26. The smallest absolute Gasteiger partial charge is 0.0451 e. The normalized spacial score (nSPS) is 20.5. The molecule has 0 aliphatic heterocycles. The van der Waals surface area contributed by atoms with E-state index in [0.29, 0.717) is 5.92 Å². The molecule has 0 bridgehead atoms. The van der Waals surface area contributed by atoms with Crippen LogP contribution in [-0.4, -0.2) is 6.04 Å². The van der Waals surface area contributed by atoms with E-state index in [0.717, 1.165) is 0 Å². The Hall–Kier alpha value is -0.860. The van der Waals surface area contributed by atoms with Crippen LogP contribution in [0.25, 0.3) is 0 Å². The van der Waals surface area contributed by atoms with E-state index in [1.165, 1.54) is 24.0 Å². The lowest BCUT2D eigenvalue weighted by atomic mass is 9.96. The average Bonchev–Trinajstić information content (AvgIpc) is 2.99. The average molecular weight is 190 g/mol. The molecule has 0 spiro atoms. The van der Waals surface area contributed by atoms with Gasteiger partial charge in [-0.1, -0.05) is 29.8 Å². The van der Waals surface area contributed by atoms with E-state index in [1.807, 2.05) is 6.07 Å². The van der Waals surface area contributed by atoms with Crippen molar-refractivity contribution in [2.45, 2.75) is 31.8 Å². The van der Waals surface area contributed by atoms with Crippen molar-refractivity contribution in [2.75, 3.05) is 0 Å². The van der Waals surface area contributed by atoms with Gasteiger partial charge in [0, 0.05) is 12.1 Å². The highest BCUT2D eigenvalue weighted by Gasteiger charge is 2.32. The van der Waals surface area contributed by atoms with E-state index in [4.69, 9.17) is 11.5 Å². The van der Waals surface area contributed by atoms with Gasteiger partial charge < -0.3 is 11.5 Å². The zero-order valence-electron chi connectivity index (χ0n) is 8.61. The highest BCUT2D eigenvalue weighted by Crippen LogP contribution is 2.35. The third kappa shape index (κ3) is 1.97. The van der Waals surface area contributed by atoms with Gasteiger partial charge in [-0.15, -0.1) is 0 Å². The van der Waals surface area contributed by atoms with E-state index < -0.39 is 0 Å². The largest absolute Gasteiger partial charge is 0.326 e. The fraction of sp³-hybridized carbons (Fsp3) is 0.500. The summed E-state index contributed by atoms with van der Waals surface area (Å²) >= 11 is 0. The highest BCUT2D eigenvalue weighted by atomic mass is 14.8. The lowest BCUT2D eigenvalue weighted by molar-refractivity contribution is 0.494. The first-order valence-corrected chi connectivity index (χ1v) is 5.26. The van der Waals surface area contributed by atoms with Crippen LogP contribution in [0.3, 0.4) is 0 Å². The third-order valence-corrected chi connectivity index (χ3v) is 3.01. The van der Waals surface area contributed by atoms with Crippen LogP contribution in [0.2, 0.25) is 0 Å². The van der Waals surface area contributed by atoms with Crippen molar-refractivity contribution in [1.82, 2.24) is 0 Å². The molecule has 1 fully saturated rings. The maximum absolute atomic E-state index is 6.12. The van der Waals surface area contributed by atoms with E-state index >= 15 is 0 Å². The van der Waals surface area contributed by atoms with Crippen molar-refractivity contribution in [3.05, 3.63) is 35.4 Å². The molecule has 0 amide bonds. The summed E-state index contributed by atoms with van der Waals surface area (Å²) in [6.45, 7) is 2.08. The van der Waals surface area contributed by atoms with Gasteiger partial charge in [-0.3, -0.25) is 0 Å². The van der Waals surface area contributed by atoms with E-state index in [-0.39, 0.29) is 12.1 Å². The first-order valence-electron chi connectivity index (χ1n) is 5.26. The second-order valence-corrected chi connectivity index (χ2v) is 4.35. The summed E-state index contributed by atoms with van der Waals surface area (Å²) in [5.74, 6) is 0.658. The zero-order valence-corrected chi connectivity index (χ0v) is 8.61. The Morgan fingerprint density at radius 2 is 2.00 bits per heavy atom. The van der Waals surface area contributed by atoms with Crippen LogP contribution in [0.1, 0.15) is 30.0 Å². The first-order chi connectivity index (χ1) is 6.68.